The van der Waals surface area contributed by atoms with Crippen LogP contribution in [0.3, 0.4) is 0 Å². The summed E-state index contributed by atoms with van der Waals surface area (Å²) in [5.74, 6) is -4.29. The van der Waals surface area contributed by atoms with Gasteiger partial charge in [-0.3, -0.25) is 4.79 Å². The molecule has 0 saturated carbocycles. The first kappa shape index (κ1) is 11.6. The summed E-state index contributed by atoms with van der Waals surface area (Å²) < 4.78 is 0. The van der Waals surface area contributed by atoms with Crippen LogP contribution in [0.15, 0.2) is 24.8 Å². The maximum Gasteiger partial charge on any atom is 0.377 e. The van der Waals surface area contributed by atoms with Crippen LogP contribution < -0.4 is 0 Å². The lowest BCUT2D eigenvalue weighted by atomic mass is 10.0. The average Bonchev–Trinajstić information content (AvgIpc) is 2.26. The van der Waals surface area contributed by atoms with Crippen molar-refractivity contribution in [1.82, 2.24) is 0 Å². The summed E-state index contributed by atoms with van der Waals surface area (Å²) in [6.45, 7) is 3.44. The van der Waals surface area contributed by atoms with Gasteiger partial charge in [-0.2, -0.15) is 0 Å². The molecule has 0 aliphatic heterocycles. The van der Waals surface area contributed by atoms with Crippen LogP contribution in [-0.2, 0) is 4.79 Å². The predicted octanol–water partition coefficient (Wildman–Crippen LogP) is 1.30. The van der Waals surface area contributed by atoms with Gasteiger partial charge in [0.15, 0.2) is 0 Å². The summed E-state index contributed by atoms with van der Waals surface area (Å²) in [7, 11) is 0. The van der Waals surface area contributed by atoms with E-state index in [0.29, 0.717) is 5.56 Å². The Balaban J connectivity index is 3.42. The molecule has 5 heteroatoms. The van der Waals surface area contributed by atoms with E-state index in [1.165, 1.54) is 24.3 Å². The van der Waals surface area contributed by atoms with Crippen LogP contribution >= 0.6 is 0 Å². The number of carbonyl (C=O) groups is 3. The van der Waals surface area contributed by atoms with Gasteiger partial charge in [0.2, 0.25) is 0 Å². The van der Waals surface area contributed by atoms with E-state index in [9.17, 15) is 14.4 Å². The lowest BCUT2D eigenvalue weighted by molar-refractivity contribution is -0.131. The highest BCUT2D eigenvalue weighted by molar-refractivity contribution is 6.41. The van der Waals surface area contributed by atoms with Crippen molar-refractivity contribution in [3.63, 3.8) is 0 Å². The van der Waals surface area contributed by atoms with E-state index < -0.39 is 17.7 Å². The van der Waals surface area contributed by atoms with Crippen LogP contribution in [0.5, 0.6) is 0 Å². The number of ketones is 1. The van der Waals surface area contributed by atoms with Crippen LogP contribution in [0.1, 0.15) is 26.3 Å². The Bertz CT molecular complexity index is 487. The number of aliphatic carboxylic acids is 1. The van der Waals surface area contributed by atoms with Crippen LogP contribution in [-0.4, -0.2) is 27.9 Å². The molecule has 0 fully saturated rings. The maximum atomic E-state index is 11.2. The molecule has 0 amide bonds. The molecule has 0 spiro atoms. The molecule has 1 aromatic carbocycles. The van der Waals surface area contributed by atoms with Gasteiger partial charge in [-0.1, -0.05) is 18.7 Å². The van der Waals surface area contributed by atoms with Crippen molar-refractivity contribution in [3.05, 3.63) is 41.5 Å². The quantitative estimate of drug-likeness (QED) is 0.589. The third kappa shape index (κ3) is 2.14. The molecule has 0 unspecified atom stereocenters. The molecule has 0 aliphatic rings. The summed E-state index contributed by atoms with van der Waals surface area (Å²) in [6.07, 6.45) is 1.39. The number of benzene rings is 1. The third-order valence-corrected chi connectivity index (χ3v) is 1.95. The summed E-state index contributed by atoms with van der Waals surface area (Å²) in [5, 5.41) is 17.3. The van der Waals surface area contributed by atoms with E-state index in [2.05, 4.69) is 6.58 Å². The zero-order valence-electron chi connectivity index (χ0n) is 8.14. The van der Waals surface area contributed by atoms with Gasteiger partial charge in [-0.15, -0.1) is 0 Å². The second-order valence-corrected chi connectivity index (χ2v) is 2.95. The molecule has 0 saturated heterocycles. The SMILES string of the molecule is C=Cc1ccc(C(=O)O)c(C(=O)C(=O)O)c1. The predicted molar refractivity (Wildman–Crippen MR) is 55.5 cm³/mol. The first-order valence-corrected chi connectivity index (χ1v) is 4.24. The molecule has 1 aromatic rings. The van der Waals surface area contributed by atoms with Gasteiger partial charge in [0.25, 0.3) is 5.78 Å². The van der Waals surface area contributed by atoms with Crippen LogP contribution in [0.4, 0.5) is 0 Å². The number of Topliss-reactive ketones (excluding diaryl/α,β-unsaturated/α-hetero) is 1. The highest BCUT2D eigenvalue weighted by Crippen LogP contribution is 2.14. The highest BCUT2D eigenvalue weighted by atomic mass is 16.4. The van der Waals surface area contributed by atoms with E-state index in [1.807, 2.05) is 0 Å². The molecule has 0 radical (unpaired) electrons. The second-order valence-electron chi connectivity index (χ2n) is 2.95. The van der Waals surface area contributed by atoms with Gasteiger partial charge in [-0.05, 0) is 17.7 Å². The Morgan fingerprint density at radius 2 is 1.75 bits per heavy atom. The number of carbonyl (C=O) groups excluding carboxylic acids is 1. The van der Waals surface area contributed by atoms with E-state index in [-0.39, 0.29) is 11.1 Å². The Morgan fingerprint density at radius 3 is 2.19 bits per heavy atom. The molecule has 2 N–H and O–H groups in total. The Kier molecular flexibility index (Phi) is 3.20. The van der Waals surface area contributed by atoms with Crippen LogP contribution in [0.25, 0.3) is 6.08 Å². The molecular formula is C11H8O5. The average molecular weight is 220 g/mol. The Morgan fingerprint density at radius 1 is 1.12 bits per heavy atom. The van der Waals surface area contributed by atoms with Gasteiger partial charge in [0.05, 0.1) is 5.56 Å². The van der Waals surface area contributed by atoms with Crippen molar-refractivity contribution < 1.29 is 24.6 Å². The first-order chi connectivity index (χ1) is 7.47. The summed E-state index contributed by atoms with van der Waals surface area (Å²) in [4.78, 5) is 32.5. The summed E-state index contributed by atoms with van der Waals surface area (Å²) in [6, 6.07) is 3.80. The van der Waals surface area contributed by atoms with Crippen LogP contribution in [0.2, 0.25) is 0 Å². The minimum atomic E-state index is -1.69. The maximum absolute atomic E-state index is 11.2. The fourth-order valence-electron chi connectivity index (χ4n) is 1.18. The van der Waals surface area contributed by atoms with E-state index >= 15 is 0 Å². The smallest absolute Gasteiger partial charge is 0.377 e. The number of aromatic carboxylic acids is 1. The van der Waals surface area contributed by atoms with E-state index in [0.717, 1.165) is 0 Å². The lowest BCUT2D eigenvalue weighted by Crippen LogP contribution is -2.17. The molecule has 0 aromatic heterocycles. The molecule has 5 nitrogen and oxygen atoms in total. The van der Waals surface area contributed by atoms with Crippen molar-refractivity contribution >= 4 is 23.8 Å². The standard InChI is InChI=1S/C11H8O5/c1-2-6-3-4-7(10(13)14)8(5-6)9(12)11(15)16/h2-5H,1H2,(H,13,14)(H,15,16). The molecule has 0 aliphatic carbocycles. The number of hydrogen-bond acceptors (Lipinski definition) is 3. The monoisotopic (exact) mass is 220 g/mol. The summed E-state index contributed by atoms with van der Waals surface area (Å²) in [5.41, 5.74) is -0.204. The van der Waals surface area contributed by atoms with Gasteiger partial charge < -0.3 is 10.2 Å². The zero-order valence-corrected chi connectivity index (χ0v) is 8.14. The van der Waals surface area contributed by atoms with Crippen molar-refractivity contribution in [3.8, 4) is 0 Å². The van der Waals surface area contributed by atoms with E-state index in [1.54, 1.807) is 0 Å². The fraction of sp³-hybridized carbons (Fsp3) is 0. The third-order valence-electron chi connectivity index (χ3n) is 1.95. The molecule has 0 bridgehead atoms. The molecule has 16 heavy (non-hydrogen) atoms. The zero-order chi connectivity index (χ0) is 12.3. The van der Waals surface area contributed by atoms with Gasteiger partial charge in [0.1, 0.15) is 0 Å². The van der Waals surface area contributed by atoms with Crippen molar-refractivity contribution in [2.75, 3.05) is 0 Å². The van der Waals surface area contributed by atoms with Crippen molar-refractivity contribution in [2.45, 2.75) is 0 Å². The molecule has 0 atom stereocenters. The highest BCUT2D eigenvalue weighted by Gasteiger charge is 2.21. The van der Waals surface area contributed by atoms with Gasteiger partial charge in [-0.25, -0.2) is 9.59 Å². The largest absolute Gasteiger partial charge is 0.478 e. The molecular weight excluding hydrogens is 212 g/mol. The number of carboxylic acid groups (broad SMARTS) is 2. The normalized spacial score (nSPS) is 9.50. The fourth-order valence-corrected chi connectivity index (χ4v) is 1.18. The van der Waals surface area contributed by atoms with E-state index in [4.69, 9.17) is 10.2 Å². The molecule has 0 heterocycles. The lowest BCUT2D eigenvalue weighted by Gasteiger charge is -2.03. The number of carboxylic acids is 2. The number of rotatable bonds is 4. The minimum Gasteiger partial charge on any atom is -0.478 e. The Hall–Kier alpha value is -2.43. The van der Waals surface area contributed by atoms with Crippen molar-refractivity contribution in [1.29, 1.82) is 0 Å². The minimum absolute atomic E-state index is 0.335. The summed E-state index contributed by atoms with van der Waals surface area (Å²) >= 11 is 0. The molecule has 1 rings (SSSR count). The Labute approximate surface area is 90.6 Å². The van der Waals surface area contributed by atoms with Crippen LogP contribution in [0, 0.1) is 0 Å². The van der Waals surface area contributed by atoms with Gasteiger partial charge in [0, 0.05) is 5.56 Å². The first-order valence-electron chi connectivity index (χ1n) is 4.24. The second kappa shape index (κ2) is 4.39. The molecule has 82 valence electrons. The number of hydrogen-bond donors (Lipinski definition) is 2. The van der Waals surface area contributed by atoms with Gasteiger partial charge >= 0.3 is 11.9 Å². The topological polar surface area (TPSA) is 91.7 Å². The van der Waals surface area contributed by atoms with Crippen molar-refractivity contribution in [2.24, 2.45) is 0 Å².